The zero-order valence-corrected chi connectivity index (χ0v) is 17.0. The Balaban J connectivity index is 2.56. The van der Waals surface area contributed by atoms with Crippen molar-refractivity contribution in [1.29, 1.82) is 0 Å². The van der Waals surface area contributed by atoms with E-state index in [9.17, 15) is 0 Å². The molecule has 0 spiro atoms. The van der Waals surface area contributed by atoms with E-state index in [4.69, 9.17) is 4.74 Å². The second-order valence-electron chi connectivity index (χ2n) is 5.60. The Hall–Kier alpha value is 0.697. The molecule has 3 nitrogen and oxygen atoms in total. The molecule has 0 aliphatic carbocycles. The second kappa shape index (κ2) is 8.22. The summed E-state index contributed by atoms with van der Waals surface area (Å²) in [6, 6.07) is 1.19. The normalized spacial score (nSPS) is 12.1. The summed E-state index contributed by atoms with van der Waals surface area (Å²) in [4.78, 5) is 4.50. The molecule has 0 radical (unpaired) electrons. The van der Waals surface area contributed by atoms with E-state index in [1.165, 1.54) is 6.04 Å². The minimum atomic E-state index is -1.01. The van der Waals surface area contributed by atoms with Gasteiger partial charge >= 0.3 is 0 Å². The minimum Gasteiger partial charge on any atom is -0.361 e. The number of thioether (sulfide) groups is 1. The van der Waals surface area contributed by atoms with Gasteiger partial charge in [0, 0.05) is 20.4 Å². The van der Waals surface area contributed by atoms with E-state index in [1.807, 2.05) is 0 Å². The maximum Gasteiger partial charge on any atom is 0.171 e. The number of hydrogen-bond donors (Lipinski definition) is 0. The van der Waals surface area contributed by atoms with Gasteiger partial charge in [-0.3, -0.25) is 4.57 Å². The number of nitrogens with zero attached hydrogens (tertiary/aromatic N) is 2. The molecule has 0 aliphatic heterocycles. The summed E-state index contributed by atoms with van der Waals surface area (Å²) < 4.78 is 9.69. The zero-order chi connectivity index (χ0) is 14.5. The first-order chi connectivity index (χ1) is 8.85. The van der Waals surface area contributed by atoms with Crippen molar-refractivity contribution < 1.29 is 4.74 Å². The van der Waals surface area contributed by atoms with E-state index in [0.717, 1.165) is 33.1 Å². The summed E-state index contributed by atoms with van der Waals surface area (Å²) in [5, 5.41) is 1.01. The third-order valence-electron chi connectivity index (χ3n) is 2.48. The van der Waals surface area contributed by atoms with Gasteiger partial charge in [0.25, 0.3) is 0 Å². The van der Waals surface area contributed by atoms with Gasteiger partial charge < -0.3 is 4.74 Å². The van der Waals surface area contributed by atoms with Crippen LogP contribution in [0.1, 0.15) is 13.3 Å². The van der Waals surface area contributed by atoms with Crippen LogP contribution < -0.4 is 0 Å². The van der Waals surface area contributed by atoms with Crippen molar-refractivity contribution in [3.63, 3.8) is 0 Å². The number of imidazole rings is 1. The Labute approximate surface area is 138 Å². The largest absolute Gasteiger partial charge is 0.361 e. The molecule has 0 N–H and O–H groups in total. The number of halogens is 2. The molecule has 1 heterocycles. The lowest BCUT2D eigenvalue weighted by atomic mass is 10.6. The standard InChI is InChI=1S/C12H22Br2N2OSSi/c1-5-7-18-12-15-10(13)11(14)16(12)9-17-6-8-19(2,3)4/h5-9H2,1-4H3. The van der Waals surface area contributed by atoms with Crippen LogP contribution in [0.4, 0.5) is 0 Å². The average Bonchev–Trinajstić information content (AvgIpc) is 2.58. The Kier molecular flexibility index (Phi) is 7.67. The highest BCUT2D eigenvalue weighted by Gasteiger charge is 2.15. The fourth-order valence-electron chi connectivity index (χ4n) is 1.34. The van der Waals surface area contributed by atoms with Gasteiger partial charge in [-0.05, 0) is 44.3 Å². The van der Waals surface area contributed by atoms with E-state index in [2.05, 4.69) is 68.0 Å². The fraction of sp³-hybridized carbons (Fsp3) is 0.750. The van der Waals surface area contributed by atoms with E-state index in [0.29, 0.717) is 6.73 Å². The van der Waals surface area contributed by atoms with Crippen molar-refractivity contribution in [3.05, 3.63) is 9.21 Å². The molecule has 0 unspecified atom stereocenters. The van der Waals surface area contributed by atoms with Crippen LogP contribution in [0.25, 0.3) is 0 Å². The maximum atomic E-state index is 5.80. The van der Waals surface area contributed by atoms with Crippen LogP contribution in [0, 0.1) is 0 Å². The SMILES string of the molecule is CCCSc1nc(Br)c(Br)n1COCC[Si](C)(C)C. The summed E-state index contributed by atoms with van der Waals surface area (Å²) in [7, 11) is -1.01. The fourth-order valence-corrected chi connectivity index (χ4v) is 3.91. The molecule has 1 rings (SSSR count). The van der Waals surface area contributed by atoms with E-state index in [1.54, 1.807) is 11.8 Å². The molecule has 0 atom stereocenters. The lowest BCUT2D eigenvalue weighted by molar-refractivity contribution is 0.0798. The molecule has 0 saturated carbocycles. The predicted molar refractivity (Wildman–Crippen MR) is 92.7 cm³/mol. The van der Waals surface area contributed by atoms with Crippen molar-refractivity contribution >= 4 is 51.7 Å². The summed E-state index contributed by atoms with van der Waals surface area (Å²) >= 11 is 8.78. The van der Waals surface area contributed by atoms with Crippen molar-refractivity contribution in [2.24, 2.45) is 0 Å². The van der Waals surface area contributed by atoms with Gasteiger partial charge in [-0.15, -0.1) is 0 Å². The molecule has 1 aromatic rings. The molecule has 7 heteroatoms. The van der Waals surface area contributed by atoms with E-state index in [-0.39, 0.29) is 0 Å². The zero-order valence-electron chi connectivity index (χ0n) is 12.0. The molecule has 110 valence electrons. The van der Waals surface area contributed by atoms with Crippen LogP contribution >= 0.6 is 43.6 Å². The quantitative estimate of drug-likeness (QED) is 0.322. The highest BCUT2D eigenvalue weighted by atomic mass is 79.9. The summed E-state index contributed by atoms with van der Waals surface area (Å²) in [6.45, 7) is 10.7. The minimum absolute atomic E-state index is 0.565. The first kappa shape index (κ1) is 17.7. The highest BCUT2D eigenvalue weighted by Crippen LogP contribution is 2.29. The summed E-state index contributed by atoms with van der Waals surface area (Å²) in [5.41, 5.74) is 0. The third kappa shape index (κ3) is 6.33. The van der Waals surface area contributed by atoms with Gasteiger partial charge in [0.15, 0.2) is 5.16 Å². The van der Waals surface area contributed by atoms with Crippen molar-refractivity contribution in [1.82, 2.24) is 9.55 Å². The molecule has 19 heavy (non-hydrogen) atoms. The number of hydrogen-bond acceptors (Lipinski definition) is 3. The lowest BCUT2D eigenvalue weighted by Gasteiger charge is -2.16. The molecule has 0 saturated heterocycles. The Morgan fingerprint density at radius 2 is 2.00 bits per heavy atom. The van der Waals surface area contributed by atoms with Crippen LogP contribution in [0.5, 0.6) is 0 Å². The molecule has 0 aliphatic rings. The summed E-state index contributed by atoms with van der Waals surface area (Å²) in [5.74, 6) is 1.07. The predicted octanol–water partition coefficient (Wildman–Crippen LogP) is 5.22. The first-order valence-electron chi connectivity index (χ1n) is 6.47. The van der Waals surface area contributed by atoms with Crippen molar-refractivity contribution in [3.8, 4) is 0 Å². The molecule has 0 bridgehead atoms. The van der Waals surface area contributed by atoms with Crippen molar-refractivity contribution in [2.45, 2.75) is 50.9 Å². The maximum absolute atomic E-state index is 5.80. The van der Waals surface area contributed by atoms with Gasteiger partial charge in [-0.1, -0.05) is 38.3 Å². The molecular weight excluding hydrogens is 408 g/mol. The first-order valence-corrected chi connectivity index (χ1v) is 12.7. The molecule has 0 aromatic carbocycles. The smallest absolute Gasteiger partial charge is 0.171 e. The van der Waals surface area contributed by atoms with Crippen molar-refractivity contribution in [2.75, 3.05) is 12.4 Å². The number of aromatic nitrogens is 2. The van der Waals surface area contributed by atoms with Crippen LogP contribution in [0.2, 0.25) is 25.7 Å². The van der Waals surface area contributed by atoms with E-state index >= 15 is 0 Å². The van der Waals surface area contributed by atoms with Gasteiger partial charge in [0.05, 0.1) is 0 Å². The van der Waals surface area contributed by atoms with Gasteiger partial charge in [0.2, 0.25) is 0 Å². The average molecular weight is 430 g/mol. The summed E-state index contributed by atoms with van der Waals surface area (Å²) in [6.07, 6.45) is 1.14. The Morgan fingerprint density at radius 3 is 2.58 bits per heavy atom. The number of rotatable bonds is 8. The van der Waals surface area contributed by atoms with Gasteiger partial charge in [-0.2, -0.15) is 0 Å². The second-order valence-corrected chi connectivity index (χ2v) is 13.8. The lowest BCUT2D eigenvalue weighted by Crippen LogP contribution is -2.22. The Bertz CT molecular complexity index is 407. The van der Waals surface area contributed by atoms with Gasteiger partial charge in [-0.25, -0.2) is 4.98 Å². The molecule has 0 fully saturated rings. The Morgan fingerprint density at radius 1 is 1.32 bits per heavy atom. The molecular formula is C12H22Br2N2OSSi. The monoisotopic (exact) mass is 428 g/mol. The molecule has 1 aromatic heterocycles. The van der Waals surface area contributed by atoms with Gasteiger partial charge in [0.1, 0.15) is 15.9 Å². The topological polar surface area (TPSA) is 27.1 Å². The van der Waals surface area contributed by atoms with Crippen LogP contribution in [-0.2, 0) is 11.5 Å². The van der Waals surface area contributed by atoms with Crippen LogP contribution in [0.15, 0.2) is 14.4 Å². The third-order valence-corrected chi connectivity index (χ3v) is 7.26. The number of ether oxygens (including phenoxy) is 1. The van der Waals surface area contributed by atoms with E-state index < -0.39 is 8.07 Å². The van der Waals surface area contributed by atoms with Crippen LogP contribution in [0.3, 0.4) is 0 Å². The van der Waals surface area contributed by atoms with Crippen LogP contribution in [-0.4, -0.2) is 30.0 Å². The highest BCUT2D eigenvalue weighted by molar-refractivity contribution is 9.13. The molecule has 0 amide bonds.